The number of nitriles is 1. The number of hydrogen-bond acceptors (Lipinski definition) is 5. The van der Waals surface area contributed by atoms with Gasteiger partial charge < -0.3 is 14.4 Å². The topological polar surface area (TPSA) is 79.6 Å². The molecule has 0 saturated heterocycles. The number of benzene rings is 1. The summed E-state index contributed by atoms with van der Waals surface area (Å²) in [6.45, 7) is 9.63. The number of carbonyl (C=O) groups is 2. The first-order chi connectivity index (χ1) is 12.3. The Labute approximate surface area is 155 Å². The molecule has 0 aliphatic carbocycles. The van der Waals surface area contributed by atoms with Gasteiger partial charge in [-0.1, -0.05) is 12.1 Å². The first kappa shape index (κ1) is 21.2. The summed E-state index contributed by atoms with van der Waals surface area (Å²) in [5, 5.41) is 9.21. The normalized spacial score (nSPS) is 11.2. The van der Waals surface area contributed by atoms with Gasteiger partial charge in [0.05, 0.1) is 6.61 Å². The maximum atomic E-state index is 12.2. The van der Waals surface area contributed by atoms with Crippen LogP contribution in [0.3, 0.4) is 0 Å². The van der Waals surface area contributed by atoms with E-state index in [1.165, 1.54) is 6.08 Å². The second-order valence-corrected chi connectivity index (χ2v) is 6.24. The van der Waals surface area contributed by atoms with E-state index in [4.69, 9.17) is 9.47 Å². The molecule has 0 fully saturated rings. The fourth-order valence-corrected chi connectivity index (χ4v) is 2.58. The van der Waals surface area contributed by atoms with Gasteiger partial charge >= 0.3 is 5.97 Å². The Bertz CT molecular complexity index is 677. The van der Waals surface area contributed by atoms with Gasteiger partial charge in [-0.3, -0.25) is 4.79 Å². The van der Waals surface area contributed by atoms with Gasteiger partial charge in [-0.2, -0.15) is 5.26 Å². The lowest BCUT2D eigenvalue weighted by Crippen LogP contribution is -2.44. The number of hydrogen-bond donors (Lipinski definition) is 0. The van der Waals surface area contributed by atoms with E-state index in [2.05, 4.69) is 0 Å². The molecule has 1 aromatic carbocycles. The molecule has 0 aromatic heterocycles. The molecule has 0 unspecified atom stereocenters. The molecular weight excluding hydrogens is 332 g/mol. The van der Waals surface area contributed by atoms with Crippen molar-refractivity contribution in [2.45, 2.75) is 46.7 Å². The predicted molar refractivity (Wildman–Crippen MR) is 99.3 cm³/mol. The van der Waals surface area contributed by atoms with Crippen LogP contribution in [0.5, 0.6) is 5.75 Å². The molecule has 26 heavy (non-hydrogen) atoms. The number of rotatable bonds is 8. The molecule has 6 heteroatoms. The third kappa shape index (κ3) is 6.25. The highest BCUT2D eigenvalue weighted by Crippen LogP contribution is 2.15. The lowest BCUT2D eigenvalue weighted by molar-refractivity contribution is -0.150. The second kappa shape index (κ2) is 10.2. The van der Waals surface area contributed by atoms with Crippen molar-refractivity contribution in [3.63, 3.8) is 0 Å². The number of carbonyl (C=O) groups excluding carboxylic acids is 2. The molecule has 6 nitrogen and oxygen atoms in total. The molecule has 0 radical (unpaired) electrons. The van der Waals surface area contributed by atoms with Crippen LogP contribution in [0.15, 0.2) is 29.8 Å². The lowest BCUT2D eigenvalue weighted by Gasteiger charge is -2.30. The number of amides is 1. The van der Waals surface area contributed by atoms with Gasteiger partial charge in [0.15, 0.2) is 6.61 Å². The highest BCUT2D eigenvalue weighted by Gasteiger charge is 2.22. The molecule has 140 valence electrons. The molecular formula is C20H26N2O4. The second-order valence-electron chi connectivity index (χ2n) is 6.24. The molecule has 0 N–H and O–H groups in total. The zero-order chi connectivity index (χ0) is 19.7. The quantitative estimate of drug-likeness (QED) is 0.405. The predicted octanol–water partition coefficient (Wildman–Crippen LogP) is 3.18. The van der Waals surface area contributed by atoms with Gasteiger partial charge in [-0.05, 0) is 58.4 Å². The Hall–Kier alpha value is -2.81. The Kier molecular flexibility index (Phi) is 8.36. The Morgan fingerprint density at radius 2 is 1.73 bits per heavy atom. The standard InChI is InChI=1S/C20H26N2O4/c1-6-25-18-9-7-16(8-10-18)11-17(12-21)20(24)26-13-19(23)22(14(2)3)15(4)5/h7-11,14-15H,6,13H2,1-5H3/b17-11+. The summed E-state index contributed by atoms with van der Waals surface area (Å²) in [4.78, 5) is 26.0. The highest BCUT2D eigenvalue weighted by molar-refractivity contribution is 5.98. The van der Waals surface area contributed by atoms with E-state index in [9.17, 15) is 14.9 Å². The Morgan fingerprint density at radius 3 is 2.19 bits per heavy atom. The van der Waals surface area contributed by atoms with E-state index in [0.29, 0.717) is 17.9 Å². The average Bonchev–Trinajstić information content (AvgIpc) is 2.58. The van der Waals surface area contributed by atoms with E-state index in [1.54, 1.807) is 29.2 Å². The fraction of sp³-hybridized carbons (Fsp3) is 0.450. The van der Waals surface area contributed by atoms with Crippen LogP contribution in [0.25, 0.3) is 6.08 Å². The van der Waals surface area contributed by atoms with Crippen LogP contribution in [0.1, 0.15) is 40.2 Å². The molecule has 1 aromatic rings. The van der Waals surface area contributed by atoms with E-state index in [0.717, 1.165) is 0 Å². The zero-order valence-corrected chi connectivity index (χ0v) is 16.0. The minimum Gasteiger partial charge on any atom is -0.494 e. The van der Waals surface area contributed by atoms with Crippen molar-refractivity contribution >= 4 is 18.0 Å². The van der Waals surface area contributed by atoms with Crippen LogP contribution in [0.4, 0.5) is 0 Å². The van der Waals surface area contributed by atoms with Crippen LogP contribution in [-0.4, -0.2) is 42.1 Å². The van der Waals surface area contributed by atoms with Crippen molar-refractivity contribution in [1.82, 2.24) is 4.90 Å². The third-order valence-electron chi connectivity index (χ3n) is 3.57. The summed E-state index contributed by atoms with van der Waals surface area (Å²) in [5.74, 6) is -0.400. The first-order valence-electron chi connectivity index (χ1n) is 8.63. The van der Waals surface area contributed by atoms with Crippen LogP contribution in [0, 0.1) is 11.3 Å². The Balaban J connectivity index is 2.77. The fourth-order valence-electron chi connectivity index (χ4n) is 2.58. The molecule has 1 rings (SSSR count). The van der Waals surface area contributed by atoms with Gasteiger partial charge in [-0.15, -0.1) is 0 Å². The summed E-state index contributed by atoms with van der Waals surface area (Å²) >= 11 is 0. The van der Waals surface area contributed by atoms with Crippen molar-refractivity contribution in [2.75, 3.05) is 13.2 Å². The van der Waals surface area contributed by atoms with E-state index in [1.807, 2.05) is 40.7 Å². The van der Waals surface area contributed by atoms with Gasteiger partial charge in [0.1, 0.15) is 17.4 Å². The zero-order valence-electron chi connectivity index (χ0n) is 16.0. The van der Waals surface area contributed by atoms with Crippen molar-refractivity contribution < 1.29 is 19.1 Å². The molecule has 0 saturated carbocycles. The summed E-state index contributed by atoms with van der Waals surface area (Å²) in [6, 6.07) is 8.79. The van der Waals surface area contributed by atoms with E-state index >= 15 is 0 Å². The summed E-state index contributed by atoms with van der Waals surface area (Å²) in [7, 11) is 0. The highest BCUT2D eigenvalue weighted by atomic mass is 16.5. The molecule has 0 bridgehead atoms. The monoisotopic (exact) mass is 358 g/mol. The number of ether oxygens (including phenoxy) is 2. The summed E-state index contributed by atoms with van der Waals surface area (Å²) in [5.41, 5.74) is 0.502. The Morgan fingerprint density at radius 1 is 1.15 bits per heavy atom. The lowest BCUT2D eigenvalue weighted by atomic mass is 10.1. The molecule has 0 aliphatic heterocycles. The molecule has 1 amide bonds. The maximum Gasteiger partial charge on any atom is 0.349 e. The smallest absolute Gasteiger partial charge is 0.349 e. The minimum absolute atomic E-state index is 0.00367. The van der Waals surface area contributed by atoms with Gasteiger partial charge in [0.25, 0.3) is 5.91 Å². The minimum atomic E-state index is -0.817. The summed E-state index contributed by atoms with van der Waals surface area (Å²) < 4.78 is 10.4. The average molecular weight is 358 g/mol. The number of nitrogens with zero attached hydrogens (tertiary/aromatic N) is 2. The van der Waals surface area contributed by atoms with E-state index < -0.39 is 12.6 Å². The van der Waals surface area contributed by atoms with Gasteiger partial charge in [-0.25, -0.2) is 4.79 Å². The van der Waals surface area contributed by atoms with Crippen LogP contribution in [-0.2, 0) is 14.3 Å². The van der Waals surface area contributed by atoms with Gasteiger partial charge in [0.2, 0.25) is 0 Å². The van der Waals surface area contributed by atoms with Crippen LogP contribution >= 0.6 is 0 Å². The molecule has 0 spiro atoms. The van der Waals surface area contributed by atoms with Crippen LogP contribution < -0.4 is 4.74 Å². The maximum absolute atomic E-state index is 12.2. The largest absolute Gasteiger partial charge is 0.494 e. The van der Waals surface area contributed by atoms with Gasteiger partial charge in [0, 0.05) is 12.1 Å². The van der Waals surface area contributed by atoms with Crippen LogP contribution in [0.2, 0.25) is 0 Å². The van der Waals surface area contributed by atoms with Crippen molar-refractivity contribution in [3.05, 3.63) is 35.4 Å². The molecule has 0 aliphatic rings. The van der Waals surface area contributed by atoms with Crippen molar-refractivity contribution in [2.24, 2.45) is 0 Å². The number of esters is 1. The summed E-state index contributed by atoms with van der Waals surface area (Å²) in [6.07, 6.45) is 1.42. The van der Waals surface area contributed by atoms with E-state index in [-0.39, 0.29) is 23.6 Å². The third-order valence-corrected chi connectivity index (χ3v) is 3.57. The van der Waals surface area contributed by atoms with Crippen molar-refractivity contribution in [1.29, 1.82) is 5.26 Å². The molecule has 0 atom stereocenters. The molecule has 0 heterocycles. The SMILES string of the molecule is CCOc1ccc(/C=C(\C#N)C(=O)OCC(=O)N(C(C)C)C(C)C)cc1. The van der Waals surface area contributed by atoms with Crippen molar-refractivity contribution in [3.8, 4) is 11.8 Å². The first-order valence-corrected chi connectivity index (χ1v) is 8.63.